The van der Waals surface area contributed by atoms with Gasteiger partial charge in [-0.25, -0.2) is 9.59 Å². The number of methoxy groups -OCH3 is 1. The van der Waals surface area contributed by atoms with Gasteiger partial charge in [0.15, 0.2) is 6.10 Å². The van der Waals surface area contributed by atoms with Gasteiger partial charge in [-0.2, -0.15) is 0 Å². The quantitative estimate of drug-likeness (QED) is 0.745. The smallest absolute Gasteiger partial charge is 0.407 e. The topological polar surface area (TPSA) is 84.9 Å². The van der Waals surface area contributed by atoms with Crippen LogP contribution in [0.15, 0.2) is 30.3 Å². The summed E-state index contributed by atoms with van der Waals surface area (Å²) in [4.78, 5) is 22.3. The minimum Gasteiger partial charge on any atom is -0.467 e. The van der Waals surface area contributed by atoms with Crippen LogP contribution in [-0.2, 0) is 20.9 Å². The van der Waals surface area contributed by atoms with E-state index >= 15 is 0 Å². The van der Waals surface area contributed by atoms with Crippen LogP contribution in [0.2, 0.25) is 0 Å². The molecule has 0 aromatic heterocycles. The summed E-state index contributed by atoms with van der Waals surface area (Å²) in [5.41, 5.74) is 0.785. The zero-order chi connectivity index (χ0) is 14.3. The van der Waals surface area contributed by atoms with Crippen LogP contribution in [0.1, 0.15) is 6.93 Å². The van der Waals surface area contributed by atoms with Crippen LogP contribution in [-0.4, -0.2) is 36.9 Å². The first-order valence-corrected chi connectivity index (χ1v) is 5.20. The summed E-state index contributed by atoms with van der Waals surface area (Å²) in [7, 11) is 1.08. The van der Waals surface area contributed by atoms with Gasteiger partial charge in [0.2, 0.25) is 0 Å². The molecule has 0 aliphatic rings. The number of aliphatic hydroxyl groups excluding tert-OH is 1. The molecule has 0 heterocycles. The second-order valence-electron chi connectivity index (χ2n) is 3.34. The van der Waals surface area contributed by atoms with Crippen LogP contribution in [0.4, 0.5) is 4.79 Å². The molecule has 0 spiro atoms. The summed E-state index contributed by atoms with van der Waals surface area (Å²) in [6, 6.07) is 8.97. The first-order chi connectivity index (χ1) is 9.04. The van der Waals surface area contributed by atoms with E-state index in [1.165, 1.54) is 0 Å². The molecular weight excluding hydrogens is 238 g/mol. The number of aliphatic hydroxyl groups is 1. The standard InChI is InChI=1S/C12H15NO5/c1-17-11(15)10(14)7-13-12(16)18-8-9-5-3-2-4-6-9/h2-6,10,14H,7-8H2,1H3,(H,13,16)/t10-/m1/s1/i7D/t7-,10+/m0. The van der Waals surface area contributed by atoms with E-state index in [0.29, 0.717) is 0 Å². The Labute approximate surface area is 106 Å². The average Bonchev–Trinajstić information content (AvgIpc) is 2.44. The number of alkyl carbamates (subject to hydrolysis) is 1. The summed E-state index contributed by atoms with van der Waals surface area (Å²) in [6.07, 6.45) is -2.65. The molecule has 2 N–H and O–H groups in total. The third-order valence-electron chi connectivity index (χ3n) is 2.01. The molecule has 0 bridgehead atoms. The molecule has 0 radical (unpaired) electrons. The Balaban J connectivity index is 2.37. The van der Waals surface area contributed by atoms with Crippen LogP contribution in [0.3, 0.4) is 0 Å². The van der Waals surface area contributed by atoms with Crippen molar-refractivity contribution in [1.29, 1.82) is 0 Å². The van der Waals surface area contributed by atoms with E-state index in [0.717, 1.165) is 12.7 Å². The van der Waals surface area contributed by atoms with E-state index in [1.807, 2.05) is 11.4 Å². The van der Waals surface area contributed by atoms with Crippen LogP contribution >= 0.6 is 0 Å². The Morgan fingerprint density at radius 3 is 2.72 bits per heavy atom. The molecule has 1 aromatic carbocycles. The largest absolute Gasteiger partial charge is 0.467 e. The molecule has 2 atom stereocenters. The van der Waals surface area contributed by atoms with Crippen molar-refractivity contribution in [3.05, 3.63) is 35.9 Å². The van der Waals surface area contributed by atoms with E-state index in [1.54, 1.807) is 24.3 Å². The van der Waals surface area contributed by atoms with Crippen LogP contribution in [0.25, 0.3) is 0 Å². The molecule has 6 heteroatoms. The molecule has 0 fully saturated rings. The van der Waals surface area contributed by atoms with Crippen LogP contribution in [0.5, 0.6) is 0 Å². The second-order valence-corrected chi connectivity index (χ2v) is 3.34. The molecule has 1 aromatic rings. The van der Waals surface area contributed by atoms with Crippen LogP contribution in [0, 0.1) is 0 Å². The number of carbonyl (C=O) groups is 2. The minimum atomic E-state index is -1.76. The fourth-order valence-corrected chi connectivity index (χ4v) is 1.10. The first kappa shape index (κ1) is 12.4. The van der Waals surface area contributed by atoms with Crippen molar-refractivity contribution in [3.63, 3.8) is 0 Å². The van der Waals surface area contributed by atoms with Crippen molar-refractivity contribution in [3.8, 4) is 0 Å². The molecule has 0 saturated heterocycles. The van der Waals surface area contributed by atoms with Crippen molar-refractivity contribution in [1.82, 2.24) is 5.32 Å². The van der Waals surface area contributed by atoms with Gasteiger partial charge in [0, 0.05) is 0 Å². The number of amides is 1. The monoisotopic (exact) mass is 254 g/mol. The van der Waals surface area contributed by atoms with Crippen LogP contribution < -0.4 is 5.32 Å². The summed E-state index contributed by atoms with van der Waals surface area (Å²) in [5, 5.41) is 11.3. The fourth-order valence-electron chi connectivity index (χ4n) is 1.10. The molecular formula is C12H15NO5. The van der Waals surface area contributed by atoms with Crippen molar-refractivity contribution in [2.24, 2.45) is 0 Å². The molecule has 1 rings (SSSR count). The Morgan fingerprint density at radius 1 is 1.44 bits per heavy atom. The molecule has 0 aliphatic carbocycles. The van der Waals surface area contributed by atoms with Crippen molar-refractivity contribution < 1.29 is 25.5 Å². The van der Waals surface area contributed by atoms with Gasteiger partial charge in [0.25, 0.3) is 0 Å². The van der Waals surface area contributed by atoms with Gasteiger partial charge in [0.05, 0.1) is 15.0 Å². The summed E-state index contributed by atoms with van der Waals surface area (Å²) >= 11 is 0. The van der Waals surface area contributed by atoms with E-state index in [9.17, 15) is 14.7 Å². The van der Waals surface area contributed by atoms with Gasteiger partial charge < -0.3 is 19.9 Å². The molecule has 6 nitrogen and oxygen atoms in total. The van der Waals surface area contributed by atoms with Crippen molar-refractivity contribution in [2.75, 3.05) is 13.6 Å². The lowest BCUT2D eigenvalue weighted by atomic mass is 10.2. The first-order valence-electron chi connectivity index (χ1n) is 5.77. The highest BCUT2D eigenvalue weighted by Crippen LogP contribution is 2.00. The second kappa shape index (κ2) is 7.29. The van der Waals surface area contributed by atoms with E-state index in [-0.39, 0.29) is 6.61 Å². The Morgan fingerprint density at radius 2 is 2.11 bits per heavy atom. The third kappa shape index (κ3) is 4.84. The molecule has 98 valence electrons. The molecule has 18 heavy (non-hydrogen) atoms. The molecule has 0 aliphatic heterocycles. The van der Waals surface area contributed by atoms with Gasteiger partial charge in [-0.3, -0.25) is 0 Å². The lowest BCUT2D eigenvalue weighted by molar-refractivity contribution is -0.149. The number of carbonyl (C=O) groups excluding carboxylic acids is 2. The number of hydrogen-bond donors (Lipinski definition) is 2. The maximum absolute atomic E-state index is 11.3. The van der Waals surface area contributed by atoms with Gasteiger partial charge in [-0.1, -0.05) is 30.3 Å². The number of hydrogen-bond acceptors (Lipinski definition) is 5. The van der Waals surface area contributed by atoms with E-state index in [2.05, 4.69) is 4.74 Å². The summed E-state index contributed by atoms with van der Waals surface area (Å²) in [5.74, 6) is -0.997. The van der Waals surface area contributed by atoms with E-state index in [4.69, 9.17) is 6.11 Å². The SMILES string of the molecule is [2H][C@H](NC(=O)OCc1ccccc1)[C@@H](O)C(=O)OC. The van der Waals surface area contributed by atoms with Crippen molar-refractivity contribution >= 4 is 12.1 Å². The molecule has 1 amide bonds. The highest BCUT2D eigenvalue weighted by atomic mass is 16.6. The Bertz CT molecular complexity index is 425. The molecule has 0 saturated carbocycles. The average molecular weight is 254 g/mol. The predicted octanol–water partition coefficient (Wildman–Crippen LogP) is 0.447. The van der Waals surface area contributed by atoms with Crippen molar-refractivity contribution in [2.45, 2.75) is 12.7 Å². The van der Waals surface area contributed by atoms with Gasteiger partial charge >= 0.3 is 12.1 Å². The summed E-state index contributed by atoms with van der Waals surface area (Å²) < 4.78 is 16.4. The Kier molecular flexibility index (Phi) is 5.01. The van der Waals surface area contributed by atoms with E-state index < -0.39 is 24.7 Å². The van der Waals surface area contributed by atoms with Gasteiger partial charge in [-0.05, 0) is 5.56 Å². The predicted molar refractivity (Wildman–Crippen MR) is 62.7 cm³/mol. The van der Waals surface area contributed by atoms with Gasteiger partial charge in [-0.15, -0.1) is 0 Å². The maximum atomic E-state index is 11.3. The Hall–Kier alpha value is -2.08. The lowest BCUT2D eigenvalue weighted by Gasteiger charge is -2.10. The maximum Gasteiger partial charge on any atom is 0.407 e. The number of benzene rings is 1. The normalized spacial score (nSPS) is 14.0. The number of ether oxygens (including phenoxy) is 2. The number of esters is 1. The zero-order valence-corrected chi connectivity index (χ0v) is 9.83. The zero-order valence-electron chi connectivity index (χ0n) is 10.8. The highest BCUT2D eigenvalue weighted by Gasteiger charge is 2.16. The number of nitrogens with one attached hydrogen (secondary N) is 1. The third-order valence-corrected chi connectivity index (χ3v) is 2.01. The summed E-state index contributed by atoms with van der Waals surface area (Å²) in [6.45, 7) is -1.51. The highest BCUT2D eigenvalue weighted by molar-refractivity contribution is 5.75. The van der Waals surface area contributed by atoms with Gasteiger partial charge in [0.1, 0.15) is 6.61 Å². The lowest BCUT2D eigenvalue weighted by Crippen LogP contribution is -2.37. The fraction of sp³-hybridized carbons (Fsp3) is 0.333. The minimum absolute atomic E-state index is 0.0354. The number of rotatable bonds is 5. The molecule has 0 unspecified atom stereocenters.